The summed E-state index contributed by atoms with van der Waals surface area (Å²) < 4.78 is 13.0. The van der Waals surface area contributed by atoms with Crippen LogP contribution in [0.5, 0.6) is 5.75 Å². The lowest BCUT2D eigenvalue weighted by molar-refractivity contribution is 0.193. The number of amides is 2. The van der Waals surface area contributed by atoms with Crippen molar-refractivity contribution in [1.29, 1.82) is 0 Å². The topological polar surface area (TPSA) is 55.8 Å². The van der Waals surface area contributed by atoms with Gasteiger partial charge in [0.15, 0.2) is 0 Å². The van der Waals surface area contributed by atoms with Crippen LogP contribution in [0.3, 0.4) is 0 Å². The van der Waals surface area contributed by atoms with E-state index in [4.69, 9.17) is 0 Å². The largest absolute Gasteiger partial charge is 0.506 e. The fraction of sp³-hybridized carbons (Fsp3) is 0.350. The van der Waals surface area contributed by atoms with Gasteiger partial charge in [0.05, 0.1) is 5.69 Å². The van der Waals surface area contributed by atoms with E-state index in [1.807, 2.05) is 17.0 Å². The molecule has 2 N–H and O–H groups in total. The molecular formula is C20H22FN3O2. The van der Waals surface area contributed by atoms with Gasteiger partial charge < -0.3 is 20.2 Å². The Bertz CT molecular complexity index is 788. The molecule has 1 heterocycles. The fourth-order valence-electron chi connectivity index (χ4n) is 3.56. The Morgan fingerprint density at radius 2 is 1.73 bits per heavy atom. The Labute approximate surface area is 152 Å². The van der Waals surface area contributed by atoms with Crippen LogP contribution in [0, 0.1) is 5.82 Å². The van der Waals surface area contributed by atoms with Crippen molar-refractivity contribution in [2.24, 2.45) is 0 Å². The number of carbonyl (C=O) groups is 1. The Balaban J connectivity index is 1.28. The van der Waals surface area contributed by atoms with Crippen molar-refractivity contribution < 1.29 is 14.3 Å². The molecule has 2 fully saturated rings. The average molecular weight is 355 g/mol. The monoisotopic (exact) mass is 355 g/mol. The maximum Gasteiger partial charge on any atom is 0.317 e. The van der Waals surface area contributed by atoms with E-state index < -0.39 is 0 Å². The minimum Gasteiger partial charge on any atom is -0.506 e. The number of halogens is 1. The molecule has 2 aromatic rings. The second-order valence-electron chi connectivity index (χ2n) is 6.91. The van der Waals surface area contributed by atoms with Gasteiger partial charge in [-0.25, -0.2) is 9.18 Å². The summed E-state index contributed by atoms with van der Waals surface area (Å²) in [6.07, 6.45) is 0.898. The second kappa shape index (κ2) is 6.86. The number of carbonyl (C=O) groups excluding carboxylic acids is 1. The number of nitrogens with one attached hydrogen (secondary N) is 1. The predicted molar refractivity (Wildman–Crippen MR) is 98.0 cm³/mol. The van der Waals surface area contributed by atoms with Gasteiger partial charge in [0.2, 0.25) is 0 Å². The van der Waals surface area contributed by atoms with Crippen LogP contribution in [0.4, 0.5) is 14.9 Å². The molecule has 4 rings (SSSR count). The number of benzene rings is 2. The Hall–Kier alpha value is -2.76. The van der Waals surface area contributed by atoms with Gasteiger partial charge in [-0.05, 0) is 36.2 Å². The van der Waals surface area contributed by atoms with Crippen molar-refractivity contribution in [3.05, 3.63) is 59.9 Å². The molecule has 0 radical (unpaired) electrons. The van der Waals surface area contributed by atoms with Crippen molar-refractivity contribution in [1.82, 2.24) is 10.2 Å². The van der Waals surface area contributed by atoms with E-state index in [-0.39, 0.29) is 29.6 Å². The zero-order valence-corrected chi connectivity index (χ0v) is 14.4. The number of nitrogens with zero attached hydrogens (tertiary/aromatic N) is 2. The van der Waals surface area contributed by atoms with Crippen LogP contribution in [0.25, 0.3) is 0 Å². The second-order valence-corrected chi connectivity index (χ2v) is 6.91. The van der Waals surface area contributed by atoms with Crippen LogP contribution in [-0.4, -0.2) is 48.3 Å². The maximum absolute atomic E-state index is 13.0. The van der Waals surface area contributed by atoms with Crippen LogP contribution in [0.1, 0.15) is 17.9 Å². The van der Waals surface area contributed by atoms with Crippen molar-refractivity contribution in [2.75, 3.05) is 31.1 Å². The average Bonchev–Trinajstić information content (AvgIpc) is 3.42. The summed E-state index contributed by atoms with van der Waals surface area (Å²) >= 11 is 0. The van der Waals surface area contributed by atoms with Crippen LogP contribution in [-0.2, 0) is 0 Å². The molecule has 0 aromatic heterocycles. The Morgan fingerprint density at radius 3 is 2.42 bits per heavy atom. The summed E-state index contributed by atoms with van der Waals surface area (Å²) in [4.78, 5) is 16.4. The maximum atomic E-state index is 13.0. The summed E-state index contributed by atoms with van der Waals surface area (Å²) in [7, 11) is 0. The Morgan fingerprint density at radius 1 is 1.04 bits per heavy atom. The first-order valence-corrected chi connectivity index (χ1v) is 8.95. The van der Waals surface area contributed by atoms with Gasteiger partial charge in [-0.1, -0.05) is 24.3 Å². The van der Waals surface area contributed by atoms with E-state index in [0.29, 0.717) is 26.2 Å². The lowest BCUT2D eigenvalue weighted by atomic mass is 10.1. The first-order valence-electron chi connectivity index (χ1n) is 8.95. The zero-order valence-electron chi connectivity index (χ0n) is 14.4. The molecule has 1 aliphatic carbocycles. The third kappa shape index (κ3) is 3.45. The molecule has 0 unspecified atom stereocenters. The third-order valence-corrected chi connectivity index (χ3v) is 5.19. The van der Waals surface area contributed by atoms with Crippen LogP contribution < -0.4 is 10.2 Å². The van der Waals surface area contributed by atoms with Gasteiger partial charge >= 0.3 is 6.03 Å². The minimum absolute atomic E-state index is 0.0449. The SMILES string of the molecule is O=C(N[C@H]1C[C@@H]1c1ccc(F)cc1)N1CCN(c2ccccc2O)CC1. The highest BCUT2D eigenvalue weighted by Gasteiger charge is 2.40. The molecule has 136 valence electrons. The number of phenols is 1. The molecule has 1 saturated carbocycles. The molecule has 1 saturated heterocycles. The number of rotatable bonds is 3. The smallest absolute Gasteiger partial charge is 0.317 e. The molecule has 2 amide bonds. The van der Waals surface area contributed by atoms with E-state index in [1.54, 1.807) is 24.3 Å². The fourth-order valence-corrected chi connectivity index (χ4v) is 3.56. The van der Waals surface area contributed by atoms with Crippen LogP contribution in [0.2, 0.25) is 0 Å². The Kier molecular flexibility index (Phi) is 4.41. The van der Waals surface area contributed by atoms with Crippen molar-refractivity contribution >= 4 is 11.7 Å². The van der Waals surface area contributed by atoms with Crippen LogP contribution >= 0.6 is 0 Å². The number of urea groups is 1. The van der Waals surface area contributed by atoms with Gasteiger partial charge in [0, 0.05) is 38.1 Å². The highest BCUT2D eigenvalue weighted by Crippen LogP contribution is 2.40. The third-order valence-electron chi connectivity index (χ3n) is 5.19. The van der Waals surface area contributed by atoms with Gasteiger partial charge in [-0.2, -0.15) is 0 Å². The van der Waals surface area contributed by atoms with Crippen molar-refractivity contribution in [2.45, 2.75) is 18.4 Å². The molecule has 2 atom stereocenters. The minimum atomic E-state index is -0.239. The molecule has 0 bridgehead atoms. The van der Waals surface area contributed by atoms with Gasteiger partial charge in [0.1, 0.15) is 11.6 Å². The summed E-state index contributed by atoms with van der Waals surface area (Å²) in [5, 5.41) is 13.0. The first-order chi connectivity index (χ1) is 12.6. The number of para-hydroxylation sites is 2. The van der Waals surface area contributed by atoms with E-state index in [9.17, 15) is 14.3 Å². The highest BCUT2D eigenvalue weighted by atomic mass is 19.1. The number of phenolic OH excluding ortho intramolecular Hbond substituents is 1. The lowest BCUT2D eigenvalue weighted by Crippen LogP contribution is -2.52. The predicted octanol–water partition coefficient (Wildman–Crippen LogP) is 2.92. The number of aromatic hydroxyl groups is 1. The van der Waals surface area contributed by atoms with Crippen molar-refractivity contribution in [3.8, 4) is 5.75 Å². The quantitative estimate of drug-likeness (QED) is 0.890. The van der Waals surface area contributed by atoms with E-state index >= 15 is 0 Å². The number of hydrogen-bond acceptors (Lipinski definition) is 3. The van der Waals surface area contributed by atoms with Crippen LogP contribution in [0.15, 0.2) is 48.5 Å². The molecule has 6 heteroatoms. The van der Waals surface area contributed by atoms with E-state index in [0.717, 1.165) is 17.7 Å². The molecular weight excluding hydrogens is 333 g/mol. The normalized spacial score (nSPS) is 22.2. The summed E-state index contributed by atoms with van der Waals surface area (Å²) in [5.41, 5.74) is 1.88. The number of hydrogen-bond donors (Lipinski definition) is 2. The molecule has 5 nitrogen and oxygen atoms in total. The summed E-state index contributed by atoms with van der Waals surface area (Å²) in [6, 6.07) is 13.9. The molecule has 0 spiro atoms. The van der Waals surface area contributed by atoms with Gasteiger partial charge in [0.25, 0.3) is 0 Å². The standard InChI is InChI=1S/C20H22FN3O2/c21-15-7-5-14(6-8-15)16-13-17(16)22-20(26)24-11-9-23(10-12-24)18-3-1-2-4-19(18)25/h1-8,16-17,25H,9-13H2,(H,22,26)/t16-,17+/m1/s1. The molecule has 2 aliphatic rings. The summed E-state index contributed by atoms with van der Waals surface area (Å²) in [5.74, 6) is 0.310. The molecule has 2 aromatic carbocycles. The van der Waals surface area contributed by atoms with Gasteiger partial charge in [-0.3, -0.25) is 0 Å². The van der Waals surface area contributed by atoms with E-state index in [2.05, 4.69) is 10.2 Å². The van der Waals surface area contributed by atoms with Gasteiger partial charge in [-0.15, -0.1) is 0 Å². The number of piperazine rings is 1. The van der Waals surface area contributed by atoms with Crippen molar-refractivity contribution in [3.63, 3.8) is 0 Å². The lowest BCUT2D eigenvalue weighted by Gasteiger charge is -2.36. The molecule has 1 aliphatic heterocycles. The zero-order chi connectivity index (χ0) is 18.1. The highest BCUT2D eigenvalue weighted by molar-refractivity contribution is 5.75. The summed E-state index contributed by atoms with van der Waals surface area (Å²) in [6.45, 7) is 2.62. The first kappa shape index (κ1) is 16.7. The number of anilines is 1. The van der Waals surface area contributed by atoms with E-state index in [1.165, 1.54) is 12.1 Å². The molecule has 26 heavy (non-hydrogen) atoms.